The Bertz CT molecular complexity index is 915. The third-order valence-corrected chi connectivity index (χ3v) is 4.98. The molecule has 1 amide bonds. The number of carbonyl (C=O) groups excluding carboxylic acids is 1. The van der Waals surface area contributed by atoms with Gasteiger partial charge in [0.2, 0.25) is 5.91 Å². The molecule has 0 aliphatic carbocycles. The molecular weight excluding hydrogens is 370 g/mol. The molecular formula is C22H23N3O2S. The highest BCUT2D eigenvalue weighted by molar-refractivity contribution is 7.99. The Hall–Kier alpha value is -2.86. The number of aryl methyl sites for hydroxylation is 2. The summed E-state index contributed by atoms with van der Waals surface area (Å²) >= 11 is 1.50. The number of ether oxygens (including phenoxy) is 1. The van der Waals surface area contributed by atoms with Gasteiger partial charge in [-0.05, 0) is 79.6 Å². The lowest BCUT2D eigenvalue weighted by Crippen LogP contribution is -2.13. The van der Waals surface area contributed by atoms with E-state index in [0.717, 1.165) is 27.5 Å². The van der Waals surface area contributed by atoms with Gasteiger partial charge in [0.15, 0.2) is 5.16 Å². The molecule has 2 aromatic carbocycles. The molecule has 1 aromatic heterocycles. The molecule has 0 aliphatic rings. The molecule has 3 rings (SSSR count). The smallest absolute Gasteiger partial charge is 0.224 e. The third-order valence-electron chi connectivity index (χ3n) is 4.10. The monoisotopic (exact) mass is 393 g/mol. The van der Waals surface area contributed by atoms with Crippen molar-refractivity contribution in [3.05, 3.63) is 72.1 Å². The van der Waals surface area contributed by atoms with Crippen molar-refractivity contribution in [3.63, 3.8) is 0 Å². The predicted molar refractivity (Wildman–Crippen MR) is 112 cm³/mol. The standard InChI is InChI=1S/C22H23N3O2S/c1-3-27-18-8-5-17(6-9-18)7-12-21(26)25-20-11-10-19(15-16(20)2)28-22-23-13-4-14-24-22/h4-6,8-11,13-15H,3,7,12H2,1-2H3,(H,25,26). The van der Waals surface area contributed by atoms with E-state index in [1.807, 2.05) is 56.3 Å². The number of hydrogen-bond donors (Lipinski definition) is 1. The highest BCUT2D eigenvalue weighted by atomic mass is 32.2. The van der Waals surface area contributed by atoms with E-state index in [9.17, 15) is 4.79 Å². The molecule has 144 valence electrons. The Morgan fingerprint density at radius 1 is 1.11 bits per heavy atom. The Labute approximate surface area is 169 Å². The van der Waals surface area contributed by atoms with Crippen LogP contribution in [0.5, 0.6) is 5.75 Å². The van der Waals surface area contributed by atoms with E-state index in [0.29, 0.717) is 24.6 Å². The van der Waals surface area contributed by atoms with E-state index in [1.165, 1.54) is 11.8 Å². The van der Waals surface area contributed by atoms with Crippen LogP contribution in [0.3, 0.4) is 0 Å². The van der Waals surface area contributed by atoms with E-state index in [1.54, 1.807) is 18.5 Å². The van der Waals surface area contributed by atoms with Gasteiger partial charge < -0.3 is 10.1 Å². The van der Waals surface area contributed by atoms with E-state index < -0.39 is 0 Å². The first-order valence-electron chi connectivity index (χ1n) is 9.21. The van der Waals surface area contributed by atoms with E-state index in [4.69, 9.17) is 4.74 Å². The molecule has 0 fully saturated rings. The number of amides is 1. The van der Waals surface area contributed by atoms with Crippen molar-refractivity contribution >= 4 is 23.4 Å². The molecule has 0 spiro atoms. The fourth-order valence-electron chi connectivity index (χ4n) is 2.67. The van der Waals surface area contributed by atoms with Gasteiger partial charge in [-0.3, -0.25) is 4.79 Å². The second kappa shape index (κ2) is 9.90. The topological polar surface area (TPSA) is 64.1 Å². The van der Waals surface area contributed by atoms with E-state index >= 15 is 0 Å². The highest BCUT2D eigenvalue weighted by Gasteiger charge is 2.08. The van der Waals surface area contributed by atoms with Gasteiger partial charge in [0.05, 0.1) is 6.61 Å². The zero-order valence-electron chi connectivity index (χ0n) is 16.0. The number of hydrogen-bond acceptors (Lipinski definition) is 5. The molecule has 5 nitrogen and oxygen atoms in total. The molecule has 3 aromatic rings. The fraction of sp³-hybridized carbons (Fsp3) is 0.227. The van der Waals surface area contributed by atoms with Gasteiger partial charge in [0, 0.05) is 29.4 Å². The lowest BCUT2D eigenvalue weighted by molar-refractivity contribution is -0.116. The maximum absolute atomic E-state index is 12.3. The first-order chi connectivity index (χ1) is 13.6. The van der Waals surface area contributed by atoms with Crippen molar-refractivity contribution in [1.82, 2.24) is 9.97 Å². The highest BCUT2D eigenvalue weighted by Crippen LogP contribution is 2.28. The Balaban J connectivity index is 1.53. The van der Waals surface area contributed by atoms with E-state index in [2.05, 4.69) is 15.3 Å². The lowest BCUT2D eigenvalue weighted by atomic mass is 10.1. The second-order valence-electron chi connectivity index (χ2n) is 6.24. The normalized spacial score (nSPS) is 10.5. The minimum absolute atomic E-state index is 0.00350. The first kappa shape index (κ1) is 19.9. The lowest BCUT2D eigenvalue weighted by Gasteiger charge is -2.10. The van der Waals surface area contributed by atoms with Crippen LogP contribution in [-0.4, -0.2) is 22.5 Å². The summed E-state index contributed by atoms with van der Waals surface area (Å²) in [5, 5.41) is 3.70. The average molecular weight is 394 g/mol. The van der Waals surface area contributed by atoms with Gasteiger partial charge in [-0.25, -0.2) is 9.97 Å². The zero-order chi connectivity index (χ0) is 19.8. The van der Waals surface area contributed by atoms with Gasteiger partial charge in [-0.15, -0.1) is 0 Å². The number of nitrogens with zero attached hydrogens (tertiary/aromatic N) is 2. The predicted octanol–water partition coefficient (Wildman–Crippen LogP) is 4.91. The maximum atomic E-state index is 12.3. The van der Waals surface area contributed by atoms with Crippen LogP contribution in [0.1, 0.15) is 24.5 Å². The van der Waals surface area contributed by atoms with Crippen LogP contribution in [-0.2, 0) is 11.2 Å². The number of benzene rings is 2. The van der Waals surface area contributed by atoms with Crippen molar-refractivity contribution in [2.45, 2.75) is 36.7 Å². The Morgan fingerprint density at radius 2 is 1.86 bits per heavy atom. The summed E-state index contributed by atoms with van der Waals surface area (Å²) in [7, 11) is 0. The van der Waals surface area contributed by atoms with Crippen LogP contribution in [0, 0.1) is 6.92 Å². The summed E-state index contributed by atoms with van der Waals surface area (Å²) in [6.45, 7) is 4.59. The van der Waals surface area contributed by atoms with Crippen LogP contribution in [0.15, 0.2) is 71.0 Å². The number of aromatic nitrogens is 2. The summed E-state index contributed by atoms with van der Waals surface area (Å²) in [6, 6.07) is 15.6. The molecule has 28 heavy (non-hydrogen) atoms. The second-order valence-corrected chi connectivity index (χ2v) is 7.28. The molecule has 1 heterocycles. The van der Waals surface area contributed by atoms with Gasteiger partial charge in [-0.2, -0.15) is 0 Å². The molecule has 0 radical (unpaired) electrons. The summed E-state index contributed by atoms with van der Waals surface area (Å²) in [5.74, 6) is 0.856. The molecule has 6 heteroatoms. The number of anilines is 1. The van der Waals surface area contributed by atoms with E-state index in [-0.39, 0.29) is 5.91 Å². The molecule has 1 N–H and O–H groups in total. The van der Waals surface area contributed by atoms with Crippen molar-refractivity contribution in [2.75, 3.05) is 11.9 Å². The van der Waals surface area contributed by atoms with Gasteiger partial charge in [-0.1, -0.05) is 12.1 Å². The summed E-state index contributed by atoms with van der Waals surface area (Å²) in [5.41, 5.74) is 2.95. The quantitative estimate of drug-likeness (QED) is 0.551. The number of carbonyl (C=O) groups is 1. The first-order valence-corrected chi connectivity index (χ1v) is 10.0. The van der Waals surface area contributed by atoms with Gasteiger partial charge in [0.25, 0.3) is 0 Å². The molecule has 0 bridgehead atoms. The minimum atomic E-state index is 0.00350. The van der Waals surface area contributed by atoms with Crippen LogP contribution in [0.4, 0.5) is 5.69 Å². The minimum Gasteiger partial charge on any atom is -0.494 e. The number of nitrogens with one attached hydrogen (secondary N) is 1. The third kappa shape index (κ3) is 5.82. The fourth-order valence-corrected chi connectivity index (χ4v) is 3.48. The molecule has 0 unspecified atom stereocenters. The number of rotatable bonds is 8. The van der Waals surface area contributed by atoms with Gasteiger partial charge in [0.1, 0.15) is 5.75 Å². The van der Waals surface area contributed by atoms with Crippen LogP contribution in [0.2, 0.25) is 0 Å². The van der Waals surface area contributed by atoms with Crippen LogP contribution >= 0.6 is 11.8 Å². The van der Waals surface area contributed by atoms with Crippen molar-refractivity contribution < 1.29 is 9.53 Å². The van der Waals surface area contributed by atoms with Gasteiger partial charge >= 0.3 is 0 Å². The van der Waals surface area contributed by atoms with Crippen molar-refractivity contribution in [1.29, 1.82) is 0 Å². The van der Waals surface area contributed by atoms with Crippen molar-refractivity contribution in [2.24, 2.45) is 0 Å². The Morgan fingerprint density at radius 3 is 2.54 bits per heavy atom. The van der Waals surface area contributed by atoms with Crippen LogP contribution in [0.25, 0.3) is 0 Å². The zero-order valence-corrected chi connectivity index (χ0v) is 16.8. The van der Waals surface area contributed by atoms with Crippen molar-refractivity contribution in [3.8, 4) is 5.75 Å². The Kier molecular flexibility index (Phi) is 7.03. The van der Waals surface area contributed by atoms with Crippen LogP contribution < -0.4 is 10.1 Å². The summed E-state index contributed by atoms with van der Waals surface area (Å²) < 4.78 is 5.44. The molecule has 0 atom stereocenters. The molecule has 0 saturated heterocycles. The largest absolute Gasteiger partial charge is 0.494 e. The summed E-state index contributed by atoms with van der Waals surface area (Å²) in [6.07, 6.45) is 4.57. The maximum Gasteiger partial charge on any atom is 0.224 e. The summed E-state index contributed by atoms with van der Waals surface area (Å²) in [4.78, 5) is 21.8. The molecule has 0 aliphatic heterocycles. The average Bonchev–Trinajstić information content (AvgIpc) is 2.71. The molecule has 0 saturated carbocycles. The SMILES string of the molecule is CCOc1ccc(CCC(=O)Nc2ccc(Sc3ncccn3)cc2C)cc1.